The van der Waals surface area contributed by atoms with Crippen molar-refractivity contribution in [1.82, 2.24) is 9.78 Å². The standard InChI is InChI=1S/C16H19N3OS/c1-11-15(12(2)19(3)18-11)8-9-16(20)17-13-6-5-7-14(10-13)21-4/h5-10H,1-4H3,(H,17,20)/b9-8+. The van der Waals surface area contributed by atoms with E-state index in [4.69, 9.17) is 0 Å². The van der Waals surface area contributed by atoms with Crippen LogP contribution in [-0.4, -0.2) is 21.9 Å². The van der Waals surface area contributed by atoms with Gasteiger partial charge in [-0.25, -0.2) is 0 Å². The van der Waals surface area contributed by atoms with E-state index in [1.54, 1.807) is 17.8 Å². The van der Waals surface area contributed by atoms with Crippen LogP contribution >= 0.6 is 11.8 Å². The maximum absolute atomic E-state index is 12.0. The first-order chi connectivity index (χ1) is 10.0. The zero-order valence-corrected chi connectivity index (χ0v) is 13.5. The van der Waals surface area contributed by atoms with Crippen molar-refractivity contribution in [2.45, 2.75) is 18.7 Å². The Morgan fingerprint density at radius 2 is 2.14 bits per heavy atom. The van der Waals surface area contributed by atoms with Crippen LogP contribution in [0, 0.1) is 13.8 Å². The highest BCUT2D eigenvalue weighted by Gasteiger charge is 2.06. The lowest BCUT2D eigenvalue weighted by molar-refractivity contribution is -0.111. The molecule has 110 valence electrons. The maximum atomic E-state index is 12.0. The van der Waals surface area contributed by atoms with Gasteiger partial charge in [-0.3, -0.25) is 9.48 Å². The summed E-state index contributed by atoms with van der Waals surface area (Å²) >= 11 is 1.65. The monoisotopic (exact) mass is 301 g/mol. The number of amides is 1. The van der Waals surface area contributed by atoms with Crippen molar-refractivity contribution in [2.24, 2.45) is 7.05 Å². The molecule has 0 radical (unpaired) electrons. The van der Waals surface area contributed by atoms with E-state index in [0.29, 0.717) is 0 Å². The molecule has 2 rings (SSSR count). The topological polar surface area (TPSA) is 46.9 Å². The molecule has 0 aliphatic rings. The minimum absolute atomic E-state index is 0.143. The maximum Gasteiger partial charge on any atom is 0.248 e. The Labute approximate surface area is 129 Å². The van der Waals surface area contributed by atoms with Gasteiger partial charge in [-0.1, -0.05) is 6.07 Å². The number of hydrogen-bond acceptors (Lipinski definition) is 3. The van der Waals surface area contributed by atoms with Gasteiger partial charge in [-0.05, 0) is 44.4 Å². The molecule has 1 amide bonds. The van der Waals surface area contributed by atoms with E-state index < -0.39 is 0 Å². The molecule has 5 heteroatoms. The zero-order chi connectivity index (χ0) is 15.4. The van der Waals surface area contributed by atoms with Crippen molar-refractivity contribution in [3.63, 3.8) is 0 Å². The molecule has 21 heavy (non-hydrogen) atoms. The first-order valence-electron chi connectivity index (χ1n) is 6.64. The number of benzene rings is 1. The molecule has 0 fully saturated rings. The van der Waals surface area contributed by atoms with Crippen LogP contribution in [0.2, 0.25) is 0 Å². The molecule has 1 N–H and O–H groups in total. The highest BCUT2D eigenvalue weighted by Crippen LogP contribution is 2.19. The van der Waals surface area contributed by atoms with Crippen molar-refractivity contribution in [3.05, 3.63) is 47.3 Å². The molecule has 0 saturated heterocycles. The number of hydrogen-bond donors (Lipinski definition) is 1. The molecule has 0 aliphatic carbocycles. The molecule has 4 nitrogen and oxygen atoms in total. The van der Waals surface area contributed by atoms with Crippen LogP contribution in [0.1, 0.15) is 17.0 Å². The van der Waals surface area contributed by atoms with E-state index in [1.165, 1.54) is 0 Å². The van der Waals surface area contributed by atoms with Crippen LogP contribution in [0.5, 0.6) is 0 Å². The van der Waals surface area contributed by atoms with Crippen molar-refractivity contribution in [1.29, 1.82) is 0 Å². The number of thioether (sulfide) groups is 1. The summed E-state index contributed by atoms with van der Waals surface area (Å²) in [4.78, 5) is 13.1. The Bertz CT molecular complexity index is 689. The van der Waals surface area contributed by atoms with Crippen molar-refractivity contribution < 1.29 is 4.79 Å². The molecule has 0 spiro atoms. The number of rotatable bonds is 4. The van der Waals surface area contributed by atoms with E-state index in [9.17, 15) is 4.79 Å². The number of aromatic nitrogens is 2. The van der Waals surface area contributed by atoms with Gasteiger partial charge in [0, 0.05) is 35.0 Å². The SMILES string of the molecule is CSc1cccc(NC(=O)/C=C/c2c(C)nn(C)c2C)c1. The highest BCUT2D eigenvalue weighted by atomic mass is 32.2. The van der Waals surface area contributed by atoms with Crippen LogP contribution in [0.3, 0.4) is 0 Å². The van der Waals surface area contributed by atoms with E-state index in [1.807, 2.05) is 62.2 Å². The summed E-state index contributed by atoms with van der Waals surface area (Å²) in [5, 5.41) is 7.19. The molecule has 1 aromatic heterocycles. The van der Waals surface area contributed by atoms with Gasteiger partial charge in [0.2, 0.25) is 5.91 Å². The Kier molecular flexibility index (Phi) is 4.85. The quantitative estimate of drug-likeness (QED) is 0.695. The lowest BCUT2D eigenvalue weighted by Crippen LogP contribution is -2.07. The first-order valence-corrected chi connectivity index (χ1v) is 7.87. The van der Waals surface area contributed by atoms with E-state index in [2.05, 4.69) is 10.4 Å². The fourth-order valence-electron chi connectivity index (χ4n) is 2.07. The summed E-state index contributed by atoms with van der Waals surface area (Å²) in [5.74, 6) is -0.143. The number of carbonyl (C=O) groups is 1. The predicted molar refractivity (Wildman–Crippen MR) is 88.6 cm³/mol. The second kappa shape index (κ2) is 6.63. The molecule has 0 unspecified atom stereocenters. The van der Waals surface area contributed by atoms with Gasteiger partial charge in [0.25, 0.3) is 0 Å². The number of anilines is 1. The smallest absolute Gasteiger partial charge is 0.248 e. The Morgan fingerprint density at radius 1 is 1.38 bits per heavy atom. The minimum Gasteiger partial charge on any atom is -0.322 e. The van der Waals surface area contributed by atoms with Crippen molar-refractivity contribution >= 4 is 29.4 Å². The Morgan fingerprint density at radius 3 is 2.76 bits per heavy atom. The number of nitrogens with zero attached hydrogens (tertiary/aromatic N) is 2. The third-order valence-electron chi connectivity index (χ3n) is 3.30. The lowest BCUT2D eigenvalue weighted by Gasteiger charge is -2.03. The summed E-state index contributed by atoms with van der Waals surface area (Å²) in [5.41, 5.74) is 3.76. The van der Waals surface area contributed by atoms with Gasteiger partial charge in [0.15, 0.2) is 0 Å². The number of carbonyl (C=O) groups excluding carboxylic acids is 1. The normalized spacial score (nSPS) is 11.0. The molecule has 0 atom stereocenters. The van der Waals surface area contributed by atoms with Crippen LogP contribution < -0.4 is 5.32 Å². The summed E-state index contributed by atoms with van der Waals surface area (Å²) < 4.78 is 1.81. The second-order valence-corrected chi connectivity index (χ2v) is 5.64. The highest BCUT2D eigenvalue weighted by molar-refractivity contribution is 7.98. The van der Waals surface area contributed by atoms with Crippen LogP contribution in [-0.2, 0) is 11.8 Å². The van der Waals surface area contributed by atoms with E-state index >= 15 is 0 Å². The van der Waals surface area contributed by atoms with Gasteiger partial charge in [-0.15, -0.1) is 11.8 Å². The third kappa shape index (κ3) is 3.76. The third-order valence-corrected chi connectivity index (χ3v) is 4.03. The summed E-state index contributed by atoms with van der Waals surface area (Å²) in [7, 11) is 1.90. The largest absolute Gasteiger partial charge is 0.322 e. The Hall–Kier alpha value is -2.01. The van der Waals surface area contributed by atoms with Crippen molar-refractivity contribution in [2.75, 3.05) is 11.6 Å². The summed E-state index contributed by atoms with van der Waals surface area (Å²) in [6, 6.07) is 7.78. The van der Waals surface area contributed by atoms with E-state index in [-0.39, 0.29) is 5.91 Å². The van der Waals surface area contributed by atoms with Gasteiger partial charge in [-0.2, -0.15) is 5.10 Å². The van der Waals surface area contributed by atoms with Crippen molar-refractivity contribution in [3.8, 4) is 0 Å². The molecular formula is C16H19N3OS. The molecule has 0 bridgehead atoms. The molecule has 0 aliphatic heterocycles. The fourth-order valence-corrected chi connectivity index (χ4v) is 2.53. The first kappa shape index (κ1) is 15.4. The van der Waals surface area contributed by atoms with Crippen LogP contribution in [0.4, 0.5) is 5.69 Å². The van der Waals surface area contributed by atoms with Gasteiger partial charge < -0.3 is 5.32 Å². The molecule has 1 aromatic carbocycles. The number of nitrogens with one attached hydrogen (secondary N) is 1. The number of aryl methyl sites for hydroxylation is 2. The summed E-state index contributed by atoms with van der Waals surface area (Å²) in [6.45, 7) is 3.92. The zero-order valence-electron chi connectivity index (χ0n) is 12.7. The molecule has 2 aromatic rings. The van der Waals surface area contributed by atoms with Crippen LogP contribution in [0.15, 0.2) is 35.2 Å². The average Bonchev–Trinajstić information content (AvgIpc) is 2.70. The molecular weight excluding hydrogens is 282 g/mol. The average molecular weight is 301 g/mol. The van der Waals surface area contributed by atoms with Gasteiger partial charge in [0.1, 0.15) is 0 Å². The Balaban J connectivity index is 2.09. The lowest BCUT2D eigenvalue weighted by atomic mass is 10.2. The van der Waals surface area contributed by atoms with Gasteiger partial charge >= 0.3 is 0 Å². The van der Waals surface area contributed by atoms with Crippen LogP contribution in [0.25, 0.3) is 6.08 Å². The predicted octanol–water partition coefficient (Wildman–Crippen LogP) is 3.41. The summed E-state index contributed by atoms with van der Waals surface area (Å²) in [6.07, 6.45) is 5.36. The molecule has 1 heterocycles. The van der Waals surface area contributed by atoms with Gasteiger partial charge in [0.05, 0.1) is 5.69 Å². The molecule has 0 saturated carbocycles. The fraction of sp³-hybridized carbons (Fsp3) is 0.250. The minimum atomic E-state index is -0.143. The van der Waals surface area contributed by atoms with E-state index in [0.717, 1.165) is 27.5 Å². The second-order valence-electron chi connectivity index (χ2n) is 4.76.